The number of likely N-dealkylation sites (N-methyl/N-ethyl adjacent to an activating group) is 1. The number of carbonyl (C=O) groups is 2. The molecule has 0 saturated heterocycles. The van der Waals surface area contributed by atoms with Gasteiger partial charge in [-0.2, -0.15) is 0 Å². The Labute approximate surface area is 112 Å². The highest BCUT2D eigenvalue weighted by Crippen LogP contribution is 2.18. The van der Waals surface area contributed by atoms with Gasteiger partial charge in [0.05, 0.1) is 13.2 Å². The number of carbonyl (C=O) groups excluding carboxylic acids is 2. The van der Waals surface area contributed by atoms with Gasteiger partial charge in [-0.25, -0.2) is 0 Å². The van der Waals surface area contributed by atoms with Gasteiger partial charge in [0.2, 0.25) is 5.91 Å². The Kier molecular flexibility index (Phi) is 5.17. The van der Waals surface area contributed by atoms with Gasteiger partial charge in [-0.15, -0.1) is 0 Å². The molecule has 104 valence electrons. The van der Waals surface area contributed by atoms with Crippen LogP contribution in [-0.4, -0.2) is 44.0 Å². The molecule has 0 saturated carbocycles. The van der Waals surface area contributed by atoms with Crippen LogP contribution in [0.4, 0.5) is 5.69 Å². The van der Waals surface area contributed by atoms with Gasteiger partial charge in [-0.05, 0) is 19.1 Å². The second kappa shape index (κ2) is 6.63. The van der Waals surface area contributed by atoms with Crippen LogP contribution in [0.2, 0.25) is 0 Å². The highest BCUT2D eigenvalue weighted by atomic mass is 16.5. The van der Waals surface area contributed by atoms with Gasteiger partial charge in [-0.3, -0.25) is 9.59 Å². The van der Waals surface area contributed by atoms with Crippen LogP contribution in [0.15, 0.2) is 18.2 Å². The summed E-state index contributed by atoms with van der Waals surface area (Å²) >= 11 is 0. The minimum absolute atomic E-state index is 0.0510. The fourth-order valence-corrected chi connectivity index (χ4v) is 1.42. The smallest absolute Gasteiger partial charge is 0.251 e. The van der Waals surface area contributed by atoms with E-state index >= 15 is 0 Å². The summed E-state index contributed by atoms with van der Waals surface area (Å²) < 4.78 is 5.31. The summed E-state index contributed by atoms with van der Waals surface area (Å²) in [6.45, 7) is 2.28. The maximum atomic E-state index is 11.9. The van der Waals surface area contributed by atoms with E-state index in [2.05, 4.69) is 5.32 Å². The van der Waals surface area contributed by atoms with E-state index in [0.29, 0.717) is 23.6 Å². The maximum absolute atomic E-state index is 11.9. The molecular formula is C13H19N3O3. The molecule has 0 unspecified atom stereocenters. The predicted octanol–water partition coefficient (Wildman–Crippen LogP) is 0.486. The van der Waals surface area contributed by atoms with E-state index in [1.165, 1.54) is 11.0 Å². The van der Waals surface area contributed by atoms with Crippen LogP contribution in [0.3, 0.4) is 0 Å². The van der Waals surface area contributed by atoms with Crippen molar-refractivity contribution in [2.45, 2.75) is 6.92 Å². The molecule has 19 heavy (non-hydrogen) atoms. The standard InChI is InChI=1S/C13H19N3O3/c1-4-19-11-6-9(5-10(14)7-11)13(18)15-8-12(17)16(2)3/h5-7H,4,8,14H2,1-3H3,(H,15,18). The minimum atomic E-state index is -0.358. The lowest BCUT2D eigenvalue weighted by molar-refractivity contribution is -0.127. The fourth-order valence-electron chi connectivity index (χ4n) is 1.42. The van der Waals surface area contributed by atoms with Gasteiger partial charge in [0.25, 0.3) is 5.91 Å². The van der Waals surface area contributed by atoms with Crippen molar-refractivity contribution in [2.75, 3.05) is 33.0 Å². The average molecular weight is 265 g/mol. The lowest BCUT2D eigenvalue weighted by Crippen LogP contribution is -2.36. The third-order valence-corrected chi connectivity index (χ3v) is 2.40. The molecule has 3 N–H and O–H groups in total. The van der Waals surface area contributed by atoms with Crippen molar-refractivity contribution in [1.29, 1.82) is 0 Å². The lowest BCUT2D eigenvalue weighted by atomic mass is 10.1. The van der Waals surface area contributed by atoms with E-state index in [4.69, 9.17) is 10.5 Å². The molecule has 6 nitrogen and oxygen atoms in total. The SMILES string of the molecule is CCOc1cc(N)cc(C(=O)NCC(=O)N(C)C)c1. The van der Waals surface area contributed by atoms with Crippen molar-refractivity contribution in [3.05, 3.63) is 23.8 Å². The number of nitrogen functional groups attached to an aromatic ring is 1. The van der Waals surface area contributed by atoms with Crippen LogP contribution in [0.5, 0.6) is 5.75 Å². The van der Waals surface area contributed by atoms with Crippen molar-refractivity contribution < 1.29 is 14.3 Å². The number of hydrogen-bond donors (Lipinski definition) is 2. The number of hydrogen-bond acceptors (Lipinski definition) is 4. The van der Waals surface area contributed by atoms with Crippen LogP contribution in [0.25, 0.3) is 0 Å². The Morgan fingerprint density at radius 3 is 2.58 bits per heavy atom. The van der Waals surface area contributed by atoms with Crippen LogP contribution in [0.1, 0.15) is 17.3 Å². The highest BCUT2D eigenvalue weighted by molar-refractivity contribution is 5.97. The molecule has 0 fully saturated rings. The third kappa shape index (κ3) is 4.50. The minimum Gasteiger partial charge on any atom is -0.494 e. The van der Waals surface area contributed by atoms with E-state index < -0.39 is 0 Å². The fraction of sp³-hybridized carbons (Fsp3) is 0.385. The Balaban J connectivity index is 2.73. The number of nitrogens with one attached hydrogen (secondary N) is 1. The topological polar surface area (TPSA) is 84.7 Å². The Bertz CT molecular complexity index is 472. The van der Waals surface area contributed by atoms with E-state index in [-0.39, 0.29) is 18.4 Å². The number of nitrogens with two attached hydrogens (primary N) is 1. The second-order valence-corrected chi connectivity index (χ2v) is 4.19. The van der Waals surface area contributed by atoms with Gasteiger partial charge in [0, 0.05) is 31.4 Å². The Hall–Kier alpha value is -2.24. The zero-order valence-electron chi connectivity index (χ0n) is 11.4. The molecule has 0 spiro atoms. The van der Waals surface area contributed by atoms with E-state index in [1.54, 1.807) is 26.2 Å². The molecule has 0 atom stereocenters. The summed E-state index contributed by atoms with van der Waals surface area (Å²) in [5, 5.41) is 2.54. The number of benzene rings is 1. The molecule has 0 aliphatic carbocycles. The molecule has 0 heterocycles. The maximum Gasteiger partial charge on any atom is 0.251 e. The van der Waals surface area contributed by atoms with Crippen molar-refractivity contribution in [3.8, 4) is 5.75 Å². The summed E-state index contributed by atoms with van der Waals surface area (Å²) in [6.07, 6.45) is 0. The molecule has 0 bridgehead atoms. The summed E-state index contributed by atoms with van der Waals surface area (Å²) in [6, 6.07) is 4.78. The van der Waals surface area contributed by atoms with E-state index in [0.717, 1.165) is 0 Å². The van der Waals surface area contributed by atoms with Crippen LogP contribution in [0, 0.1) is 0 Å². The lowest BCUT2D eigenvalue weighted by Gasteiger charge is -2.12. The van der Waals surface area contributed by atoms with Gasteiger partial charge < -0.3 is 20.7 Å². The first-order chi connectivity index (χ1) is 8.93. The molecular weight excluding hydrogens is 246 g/mol. The van der Waals surface area contributed by atoms with Gasteiger partial charge >= 0.3 is 0 Å². The molecule has 0 radical (unpaired) electrons. The second-order valence-electron chi connectivity index (χ2n) is 4.19. The summed E-state index contributed by atoms with van der Waals surface area (Å²) in [5.74, 6) is -0.00248. The molecule has 1 rings (SSSR count). The summed E-state index contributed by atoms with van der Waals surface area (Å²) in [7, 11) is 3.25. The first-order valence-corrected chi connectivity index (χ1v) is 5.95. The Morgan fingerprint density at radius 1 is 1.32 bits per heavy atom. The van der Waals surface area contributed by atoms with Gasteiger partial charge in [0.1, 0.15) is 5.75 Å². The van der Waals surface area contributed by atoms with Crippen LogP contribution in [-0.2, 0) is 4.79 Å². The van der Waals surface area contributed by atoms with E-state index in [9.17, 15) is 9.59 Å². The Morgan fingerprint density at radius 2 is 2.00 bits per heavy atom. The molecule has 0 aliphatic heterocycles. The average Bonchev–Trinajstić information content (AvgIpc) is 2.35. The largest absolute Gasteiger partial charge is 0.494 e. The molecule has 0 aromatic heterocycles. The quantitative estimate of drug-likeness (QED) is 0.759. The molecule has 0 aliphatic rings. The number of amides is 2. The monoisotopic (exact) mass is 265 g/mol. The molecule has 1 aromatic rings. The van der Waals surface area contributed by atoms with Crippen LogP contribution < -0.4 is 15.8 Å². The zero-order valence-corrected chi connectivity index (χ0v) is 11.4. The highest BCUT2D eigenvalue weighted by Gasteiger charge is 2.11. The van der Waals surface area contributed by atoms with Crippen molar-refractivity contribution in [3.63, 3.8) is 0 Å². The molecule has 1 aromatic carbocycles. The number of nitrogens with zero attached hydrogens (tertiary/aromatic N) is 1. The summed E-state index contributed by atoms with van der Waals surface area (Å²) in [4.78, 5) is 24.7. The molecule has 6 heteroatoms. The predicted molar refractivity (Wildman–Crippen MR) is 73.1 cm³/mol. The normalized spacial score (nSPS) is 9.84. The molecule has 2 amide bonds. The summed E-state index contributed by atoms with van der Waals surface area (Å²) in [5.41, 5.74) is 6.51. The third-order valence-electron chi connectivity index (χ3n) is 2.40. The van der Waals surface area contributed by atoms with Crippen molar-refractivity contribution >= 4 is 17.5 Å². The number of anilines is 1. The number of ether oxygens (including phenoxy) is 1. The van der Waals surface area contributed by atoms with Crippen molar-refractivity contribution in [1.82, 2.24) is 10.2 Å². The van der Waals surface area contributed by atoms with E-state index in [1.807, 2.05) is 6.92 Å². The van der Waals surface area contributed by atoms with Crippen molar-refractivity contribution in [2.24, 2.45) is 0 Å². The first-order valence-electron chi connectivity index (χ1n) is 5.95. The zero-order chi connectivity index (χ0) is 14.4. The number of rotatable bonds is 5. The van der Waals surface area contributed by atoms with Crippen LogP contribution >= 0.6 is 0 Å². The van der Waals surface area contributed by atoms with Gasteiger partial charge in [0.15, 0.2) is 0 Å². The first kappa shape index (κ1) is 14.8. The van der Waals surface area contributed by atoms with Gasteiger partial charge in [-0.1, -0.05) is 0 Å².